The number of azide groups is 1. The molecule has 0 fully saturated rings. The molecular formula is C7H5N3O4S. The zero-order chi connectivity index (χ0) is 11.4. The number of rotatable bonds is 2. The third kappa shape index (κ3) is 2.46. The van der Waals surface area contributed by atoms with Gasteiger partial charge in [0.1, 0.15) is 0 Å². The Balaban J connectivity index is 3.32. The van der Waals surface area contributed by atoms with E-state index in [0.29, 0.717) is 0 Å². The molecule has 0 amide bonds. The molecule has 0 aromatic rings. The molecule has 78 valence electrons. The number of hydrogen-bond acceptors (Lipinski definition) is 4. The Morgan fingerprint density at radius 3 is 2.73 bits per heavy atom. The van der Waals surface area contributed by atoms with Crippen molar-refractivity contribution in [2.45, 2.75) is 6.42 Å². The second-order valence-electron chi connectivity index (χ2n) is 2.55. The summed E-state index contributed by atoms with van der Waals surface area (Å²) in [6.07, 6.45) is 2.23. The van der Waals surface area contributed by atoms with E-state index >= 15 is 0 Å². The minimum Gasteiger partial charge on any atom is -0.478 e. The largest absolute Gasteiger partial charge is 0.478 e. The number of allylic oxidation sites excluding steroid dienone is 2. The van der Waals surface area contributed by atoms with Crippen molar-refractivity contribution in [1.82, 2.24) is 0 Å². The first-order valence-corrected chi connectivity index (χ1v) is 4.79. The molecule has 0 radical (unpaired) electrons. The summed E-state index contributed by atoms with van der Waals surface area (Å²) in [6.45, 7) is 0. The van der Waals surface area contributed by atoms with Crippen LogP contribution in [0.2, 0.25) is 0 Å². The van der Waals surface area contributed by atoms with Gasteiger partial charge in [0.05, 0.1) is 16.1 Å². The molecule has 1 N–H and O–H groups in total. The fourth-order valence-electron chi connectivity index (χ4n) is 1.04. The molecule has 0 saturated heterocycles. The fraction of sp³-hybridized carbons (Fsp3) is 0.143. The number of hydrogen-bond donors (Lipinski definition) is 1. The molecule has 1 aliphatic carbocycles. The highest BCUT2D eigenvalue weighted by atomic mass is 32.2. The summed E-state index contributed by atoms with van der Waals surface area (Å²) in [5, 5.41) is 11.8. The van der Waals surface area contributed by atoms with Crippen LogP contribution in [-0.2, 0) is 15.1 Å². The van der Waals surface area contributed by atoms with Crippen molar-refractivity contribution >= 4 is 21.1 Å². The van der Waals surface area contributed by atoms with Gasteiger partial charge < -0.3 is 5.11 Å². The molecule has 15 heavy (non-hydrogen) atoms. The van der Waals surface area contributed by atoms with E-state index in [0.717, 1.165) is 6.08 Å². The highest BCUT2D eigenvalue weighted by molar-refractivity contribution is 7.73. The van der Waals surface area contributed by atoms with Gasteiger partial charge in [-0.2, -0.15) is 8.42 Å². The molecule has 0 bridgehead atoms. The molecular weight excluding hydrogens is 222 g/mol. The number of carboxylic acids is 1. The number of carboxylic acid groups (broad SMARTS) is 1. The van der Waals surface area contributed by atoms with Gasteiger partial charge in [-0.15, -0.1) is 0 Å². The molecule has 0 spiro atoms. The normalized spacial score (nSPS) is 14.8. The van der Waals surface area contributed by atoms with Crippen LogP contribution in [0.1, 0.15) is 6.42 Å². The van der Waals surface area contributed by atoms with Crippen molar-refractivity contribution < 1.29 is 18.3 Å². The lowest BCUT2D eigenvalue weighted by Crippen LogP contribution is -2.10. The Bertz CT molecular complexity index is 541. The predicted octanol–water partition coefficient (Wildman–Crippen LogP) is 0.647. The van der Waals surface area contributed by atoms with Crippen LogP contribution in [0.3, 0.4) is 0 Å². The average Bonchev–Trinajstić information content (AvgIpc) is 2.17. The van der Waals surface area contributed by atoms with Crippen molar-refractivity contribution in [3.63, 3.8) is 0 Å². The Hall–Kier alpha value is -2.05. The van der Waals surface area contributed by atoms with Gasteiger partial charge in [0.2, 0.25) is 10.3 Å². The van der Waals surface area contributed by atoms with E-state index in [2.05, 4.69) is 10.0 Å². The molecule has 0 aliphatic heterocycles. The van der Waals surface area contributed by atoms with Crippen LogP contribution in [0.25, 0.3) is 10.4 Å². The zero-order valence-corrected chi connectivity index (χ0v) is 8.10. The van der Waals surface area contributed by atoms with Gasteiger partial charge in [0.25, 0.3) is 0 Å². The summed E-state index contributed by atoms with van der Waals surface area (Å²) in [4.78, 5) is 13.1. The SMILES string of the molecule is [N-]=[N+]=NC1=CC(=S(=O)=O)CC=C1C(=O)O. The highest BCUT2D eigenvalue weighted by Crippen LogP contribution is 2.18. The Morgan fingerprint density at radius 1 is 1.60 bits per heavy atom. The van der Waals surface area contributed by atoms with Crippen LogP contribution in [0.4, 0.5) is 0 Å². The second kappa shape index (κ2) is 4.45. The number of nitrogens with zero attached hydrogens (tertiary/aromatic N) is 3. The van der Waals surface area contributed by atoms with Gasteiger partial charge in [-0.25, -0.2) is 4.79 Å². The summed E-state index contributed by atoms with van der Waals surface area (Å²) in [5.74, 6) is -1.26. The summed E-state index contributed by atoms with van der Waals surface area (Å²) in [5.41, 5.74) is 7.79. The van der Waals surface area contributed by atoms with E-state index in [1.807, 2.05) is 0 Å². The van der Waals surface area contributed by atoms with Crippen LogP contribution in [-0.4, -0.2) is 24.4 Å². The monoisotopic (exact) mass is 227 g/mol. The average molecular weight is 227 g/mol. The van der Waals surface area contributed by atoms with Crippen molar-refractivity contribution in [2.24, 2.45) is 5.11 Å². The molecule has 8 heteroatoms. The maximum Gasteiger partial charge on any atom is 0.335 e. The molecule has 1 aliphatic rings. The number of carbonyl (C=O) groups is 1. The highest BCUT2D eigenvalue weighted by Gasteiger charge is 2.17. The lowest BCUT2D eigenvalue weighted by Gasteiger charge is -2.07. The van der Waals surface area contributed by atoms with Gasteiger partial charge in [-0.05, 0) is 11.6 Å². The van der Waals surface area contributed by atoms with Crippen molar-refractivity contribution in [3.05, 3.63) is 33.9 Å². The lowest BCUT2D eigenvalue weighted by atomic mass is 10.0. The second-order valence-corrected chi connectivity index (χ2v) is 3.54. The van der Waals surface area contributed by atoms with E-state index in [-0.39, 0.29) is 22.6 Å². The summed E-state index contributed by atoms with van der Waals surface area (Å²) in [7, 11) is -2.43. The smallest absolute Gasteiger partial charge is 0.335 e. The summed E-state index contributed by atoms with van der Waals surface area (Å²) >= 11 is 0. The van der Waals surface area contributed by atoms with E-state index < -0.39 is 16.3 Å². The Morgan fingerprint density at radius 2 is 2.27 bits per heavy atom. The molecule has 7 nitrogen and oxygen atoms in total. The van der Waals surface area contributed by atoms with Crippen molar-refractivity contribution in [3.8, 4) is 0 Å². The molecule has 1 rings (SSSR count). The molecule has 0 saturated carbocycles. The van der Waals surface area contributed by atoms with E-state index in [9.17, 15) is 13.2 Å². The van der Waals surface area contributed by atoms with Crippen LogP contribution >= 0.6 is 0 Å². The maximum absolute atomic E-state index is 10.7. The summed E-state index contributed by atoms with van der Waals surface area (Å²) in [6, 6.07) is 0. The molecule has 0 atom stereocenters. The quantitative estimate of drug-likeness (QED) is 0.322. The van der Waals surface area contributed by atoms with Gasteiger partial charge in [0, 0.05) is 11.3 Å². The third-order valence-corrected chi connectivity index (χ3v) is 2.39. The topological polar surface area (TPSA) is 120 Å². The van der Waals surface area contributed by atoms with Gasteiger partial charge in [0.15, 0.2) is 0 Å². The number of aliphatic carboxylic acids is 1. The Kier molecular flexibility index (Phi) is 3.27. The van der Waals surface area contributed by atoms with Crippen molar-refractivity contribution in [2.75, 3.05) is 0 Å². The first kappa shape index (κ1) is 11.0. The first-order chi connectivity index (χ1) is 7.06. The standard InChI is InChI=1S/C7H5N3O4S/c8-10-9-6-3-4(15(13)14)1-2-5(6)7(11)12/h2-3H,1H2,(H,11,12). The van der Waals surface area contributed by atoms with Crippen LogP contribution in [0, 0.1) is 0 Å². The third-order valence-electron chi connectivity index (χ3n) is 1.68. The van der Waals surface area contributed by atoms with Crippen LogP contribution in [0.15, 0.2) is 28.5 Å². The fourth-order valence-corrected chi connectivity index (χ4v) is 1.47. The van der Waals surface area contributed by atoms with Crippen LogP contribution in [0.5, 0.6) is 0 Å². The van der Waals surface area contributed by atoms with E-state index in [4.69, 9.17) is 10.6 Å². The first-order valence-electron chi connectivity index (χ1n) is 3.72. The molecule has 0 heterocycles. The maximum atomic E-state index is 10.7. The van der Waals surface area contributed by atoms with E-state index in [1.165, 1.54) is 6.08 Å². The van der Waals surface area contributed by atoms with Gasteiger partial charge in [-0.3, -0.25) is 0 Å². The van der Waals surface area contributed by atoms with Gasteiger partial charge in [-0.1, -0.05) is 11.2 Å². The Labute approximate surface area is 85.5 Å². The molecule has 0 aromatic carbocycles. The minimum absolute atomic E-state index is 0.0117. The van der Waals surface area contributed by atoms with E-state index in [1.54, 1.807) is 0 Å². The summed E-state index contributed by atoms with van der Waals surface area (Å²) < 4.78 is 21.2. The zero-order valence-electron chi connectivity index (χ0n) is 7.28. The van der Waals surface area contributed by atoms with Crippen molar-refractivity contribution in [1.29, 1.82) is 0 Å². The lowest BCUT2D eigenvalue weighted by molar-refractivity contribution is -0.132. The predicted molar refractivity (Wildman–Crippen MR) is 51.5 cm³/mol. The minimum atomic E-state index is -2.43. The van der Waals surface area contributed by atoms with Gasteiger partial charge >= 0.3 is 5.97 Å². The van der Waals surface area contributed by atoms with Crippen LogP contribution < -0.4 is 0 Å². The molecule has 0 unspecified atom stereocenters. The molecule has 0 aromatic heterocycles.